The van der Waals surface area contributed by atoms with Crippen molar-refractivity contribution in [1.82, 2.24) is 5.32 Å². The number of hydrogen-bond acceptors (Lipinski definition) is 2. The first-order valence-corrected chi connectivity index (χ1v) is 6.23. The summed E-state index contributed by atoms with van der Waals surface area (Å²) in [5.74, 6) is -0.369. The van der Waals surface area contributed by atoms with E-state index in [4.69, 9.17) is 5.26 Å². The number of nitrogens with zero attached hydrogens (tertiary/aromatic N) is 1. The number of aryl methyl sites for hydroxylation is 1. The van der Waals surface area contributed by atoms with Crippen molar-refractivity contribution in [2.75, 3.05) is 0 Å². The van der Waals surface area contributed by atoms with Crippen molar-refractivity contribution in [1.29, 1.82) is 5.26 Å². The summed E-state index contributed by atoms with van der Waals surface area (Å²) in [6.45, 7) is 0. The molecule has 0 unspecified atom stereocenters. The number of alkyl halides is 3. The van der Waals surface area contributed by atoms with Gasteiger partial charge in [-0.2, -0.15) is 18.4 Å². The average Bonchev–Trinajstić information content (AvgIpc) is 3.16. The van der Waals surface area contributed by atoms with Crippen molar-refractivity contribution in [2.45, 2.75) is 37.4 Å². The highest BCUT2D eigenvalue weighted by Gasteiger charge is 2.44. The Morgan fingerprint density at radius 3 is 2.35 bits per heavy atom. The first kappa shape index (κ1) is 14.4. The molecule has 1 amide bonds. The highest BCUT2D eigenvalue weighted by molar-refractivity contribution is 5.95. The van der Waals surface area contributed by atoms with Crippen LogP contribution in [0, 0.1) is 11.3 Å². The molecule has 1 fully saturated rings. The number of nitriles is 1. The number of hydrogen-bond donors (Lipinski definition) is 1. The Kier molecular flexibility index (Phi) is 3.71. The first-order chi connectivity index (χ1) is 9.34. The molecule has 1 aliphatic rings. The minimum Gasteiger partial charge on any atom is -0.334 e. The smallest absolute Gasteiger partial charge is 0.334 e. The second-order valence-electron chi connectivity index (χ2n) is 4.96. The molecule has 0 aromatic heterocycles. The van der Waals surface area contributed by atoms with E-state index < -0.39 is 18.1 Å². The Bertz CT molecular complexity index is 539. The van der Waals surface area contributed by atoms with Crippen molar-refractivity contribution in [3.63, 3.8) is 0 Å². The Labute approximate surface area is 114 Å². The molecular weight excluding hydrogens is 269 g/mol. The van der Waals surface area contributed by atoms with Crippen LogP contribution in [-0.4, -0.2) is 17.6 Å². The third kappa shape index (κ3) is 3.73. The van der Waals surface area contributed by atoms with Crippen molar-refractivity contribution in [3.05, 3.63) is 35.4 Å². The van der Waals surface area contributed by atoms with Gasteiger partial charge in [-0.3, -0.25) is 4.79 Å². The summed E-state index contributed by atoms with van der Waals surface area (Å²) in [6, 6.07) is 8.02. The van der Waals surface area contributed by atoms with Gasteiger partial charge in [-0.25, -0.2) is 0 Å². The van der Waals surface area contributed by atoms with Gasteiger partial charge in [0.05, 0.1) is 6.07 Å². The van der Waals surface area contributed by atoms with Gasteiger partial charge in [0.1, 0.15) is 5.54 Å². The molecule has 6 heteroatoms. The van der Waals surface area contributed by atoms with Gasteiger partial charge in [-0.1, -0.05) is 12.1 Å². The lowest BCUT2D eigenvalue weighted by atomic mass is 10.1. The SMILES string of the molecule is N#CC1(NC(=O)c2ccc(CCC(F)(F)F)cc2)CC1. The van der Waals surface area contributed by atoms with E-state index in [1.807, 2.05) is 6.07 Å². The lowest BCUT2D eigenvalue weighted by molar-refractivity contribution is -0.134. The fourth-order valence-electron chi connectivity index (χ4n) is 1.79. The molecule has 1 aromatic rings. The van der Waals surface area contributed by atoms with Crippen LogP contribution in [0.15, 0.2) is 24.3 Å². The van der Waals surface area contributed by atoms with Gasteiger partial charge in [-0.05, 0) is 37.0 Å². The van der Waals surface area contributed by atoms with Crippen LogP contribution in [0.1, 0.15) is 35.2 Å². The summed E-state index contributed by atoms with van der Waals surface area (Å²) >= 11 is 0. The quantitative estimate of drug-likeness (QED) is 0.923. The van der Waals surface area contributed by atoms with Crippen LogP contribution < -0.4 is 5.32 Å². The van der Waals surface area contributed by atoms with Gasteiger partial charge in [0, 0.05) is 12.0 Å². The normalized spacial score (nSPS) is 16.3. The third-order valence-electron chi connectivity index (χ3n) is 3.23. The van der Waals surface area contributed by atoms with Gasteiger partial charge in [-0.15, -0.1) is 0 Å². The zero-order chi connectivity index (χ0) is 14.8. The minimum atomic E-state index is -4.18. The number of carbonyl (C=O) groups is 1. The summed E-state index contributed by atoms with van der Waals surface area (Å²) in [7, 11) is 0. The van der Waals surface area contributed by atoms with Gasteiger partial charge in [0.25, 0.3) is 5.91 Å². The monoisotopic (exact) mass is 282 g/mol. The topological polar surface area (TPSA) is 52.9 Å². The van der Waals surface area contributed by atoms with E-state index in [2.05, 4.69) is 5.32 Å². The van der Waals surface area contributed by atoms with E-state index >= 15 is 0 Å². The molecule has 0 bridgehead atoms. The fourth-order valence-corrected chi connectivity index (χ4v) is 1.79. The summed E-state index contributed by atoms with van der Waals surface area (Å²) in [5.41, 5.74) is 0.133. The van der Waals surface area contributed by atoms with E-state index in [1.165, 1.54) is 24.3 Å². The maximum absolute atomic E-state index is 12.1. The number of nitrogens with one attached hydrogen (secondary N) is 1. The molecule has 1 aromatic carbocycles. The number of halogens is 3. The number of carbonyl (C=O) groups excluding carboxylic acids is 1. The van der Waals surface area contributed by atoms with E-state index in [0.29, 0.717) is 24.0 Å². The second kappa shape index (κ2) is 5.16. The minimum absolute atomic E-state index is 0.104. The Hall–Kier alpha value is -2.03. The number of benzene rings is 1. The Balaban J connectivity index is 1.94. The largest absolute Gasteiger partial charge is 0.389 e. The Morgan fingerprint density at radius 1 is 1.30 bits per heavy atom. The van der Waals surface area contributed by atoms with Crippen molar-refractivity contribution in [2.24, 2.45) is 0 Å². The van der Waals surface area contributed by atoms with Crippen LogP contribution >= 0.6 is 0 Å². The van der Waals surface area contributed by atoms with E-state index in [1.54, 1.807) is 0 Å². The van der Waals surface area contributed by atoms with E-state index in [-0.39, 0.29) is 12.3 Å². The standard InChI is InChI=1S/C14H13F3N2O/c15-14(16,17)6-5-10-1-3-11(4-2-10)12(20)19-13(9-18)7-8-13/h1-4H,5-8H2,(H,19,20). The molecule has 2 rings (SSSR count). The lowest BCUT2D eigenvalue weighted by Crippen LogP contribution is -2.35. The summed E-state index contributed by atoms with van der Waals surface area (Å²) in [5, 5.41) is 11.5. The molecule has 1 saturated carbocycles. The zero-order valence-electron chi connectivity index (χ0n) is 10.6. The third-order valence-corrected chi connectivity index (χ3v) is 3.23. The van der Waals surface area contributed by atoms with Crippen molar-refractivity contribution < 1.29 is 18.0 Å². The molecule has 0 saturated heterocycles. The molecule has 0 atom stereocenters. The lowest BCUT2D eigenvalue weighted by Gasteiger charge is -2.10. The first-order valence-electron chi connectivity index (χ1n) is 6.23. The van der Waals surface area contributed by atoms with Gasteiger partial charge in [0.15, 0.2) is 0 Å². The average molecular weight is 282 g/mol. The highest BCUT2D eigenvalue weighted by Crippen LogP contribution is 2.34. The van der Waals surface area contributed by atoms with Gasteiger partial charge < -0.3 is 5.32 Å². The van der Waals surface area contributed by atoms with Crippen LogP contribution in [0.25, 0.3) is 0 Å². The maximum Gasteiger partial charge on any atom is 0.389 e. The summed E-state index contributed by atoms with van der Waals surface area (Å²) in [4.78, 5) is 11.8. The molecule has 0 heterocycles. The molecule has 20 heavy (non-hydrogen) atoms. The second-order valence-corrected chi connectivity index (χ2v) is 4.96. The Morgan fingerprint density at radius 2 is 1.90 bits per heavy atom. The van der Waals surface area contributed by atoms with Crippen LogP contribution in [0.2, 0.25) is 0 Å². The maximum atomic E-state index is 12.1. The summed E-state index contributed by atoms with van der Waals surface area (Å²) < 4.78 is 36.3. The van der Waals surface area contributed by atoms with Crippen LogP contribution in [0.4, 0.5) is 13.2 Å². The molecular formula is C14H13F3N2O. The molecule has 3 nitrogen and oxygen atoms in total. The molecule has 1 aliphatic carbocycles. The highest BCUT2D eigenvalue weighted by atomic mass is 19.4. The molecule has 1 N–H and O–H groups in total. The molecule has 0 aliphatic heterocycles. The zero-order valence-corrected chi connectivity index (χ0v) is 10.6. The van der Waals surface area contributed by atoms with Crippen LogP contribution in [0.3, 0.4) is 0 Å². The number of amides is 1. The van der Waals surface area contributed by atoms with Gasteiger partial charge >= 0.3 is 6.18 Å². The fraction of sp³-hybridized carbons (Fsp3) is 0.429. The molecule has 0 spiro atoms. The number of rotatable bonds is 4. The predicted octanol–water partition coefficient (Wildman–Crippen LogP) is 2.97. The van der Waals surface area contributed by atoms with Crippen molar-refractivity contribution >= 4 is 5.91 Å². The molecule has 0 radical (unpaired) electrons. The van der Waals surface area contributed by atoms with E-state index in [9.17, 15) is 18.0 Å². The van der Waals surface area contributed by atoms with Gasteiger partial charge in [0.2, 0.25) is 0 Å². The predicted molar refractivity (Wildman–Crippen MR) is 65.9 cm³/mol. The van der Waals surface area contributed by atoms with E-state index in [0.717, 1.165) is 0 Å². The molecule has 106 valence electrons. The van der Waals surface area contributed by atoms with Crippen LogP contribution in [-0.2, 0) is 6.42 Å². The summed E-state index contributed by atoms with van der Waals surface area (Å²) in [6.07, 6.45) is -3.89. The van der Waals surface area contributed by atoms with Crippen LogP contribution in [0.5, 0.6) is 0 Å². The van der Waals surface area contributed by atoms with Crippen molar-refractivity contribution in [3.8, 4) is 6.07 Å².